The SMILES string of the molecule is CCOc1cc(C#N)ccc1OCC(=O)Nc1ccc(F)cc1Cl. The van der Waals surface area contributed by atoms with Crippen molar-refractivity contribution in [1.82, 2.24) is 0 Å². The highest BCUT2D eigenvalue weighted by atomic mass is 35.5. The normalized spacial score (nSPS) is 9.92. The van der Waals surface area contributed by atoms with Gasteiger partial charge in [-0.15, -0.1) is 0 Å². The summed E-state index contributed by atoms with van der Waals surface area (Å²) in [5, 5.41) is 11.5. The summed E-state index contributed by atoms with van der Waals surface area (Å²) >= 11 is 5.84. The number of hydrogen-bond donors (Lipinski definition) is 1. The van der Waals surface area contributed by atoms with Crippen LogP contribution in [0.25, 0.3) is 0 Å². The molecular weight excluding hydrogens is 335 g/mol. The average molecular weight is 349 g/mol. The summed E-state index contributed by atoms with van der Waals surface area (Å²) in [7, 11) is 0. The first kappa shape index (κ1) is 17.6. The van der Waals surface area contributed by atoms with Crippen molar-refractivity contribution in [3.8, 4) is 17.6 Å². The van der Waals surface area contributed by atoms with Crippen LogP contribution in [0.15, 0.2) is 36.4 Å². The predicted octanol–water partition coefficient (Wildman–Crippen LogP) is 3.77. The number of nitrogens with zero attached hydrogens (tertiary/aromatic N) is 1. The van der Waals surface area contributed by atoms with Crippen molar-refractivity contribution >= 4 is 23.2 Å². The zero-order valence-corrected chi connectivity index (χ0v) is 13.6. The molecule has 0 radical (unpaired) electrons. The van der Waals surface area contributed by atoms with E-state index in [9.17, 15) is 9.18 Å². The molecule has 0 spiro atoms. The Bertz CT molecular complexity index is 790. The van der Waals surface area contributed by atoms with E-state index in [2.05, 4.69) is 5.32 Å². The maximum atomic E-state index is 13.0. The van der Waals surface area contributed by atoms with Crippen molar-refractivity contribution in [3.63, 3.8) is 0 Å². The van der Waals surface area contributed by atoms with E-state index in [1.807, 2.05) is 6.07 Å². The number of ether oxygens (including phenoxy) is 2. The summed E-state index contributed by atoms with van der Waals surface area (Å²) in [5.41, 5.74) is 0.713. The van der Waals surface area contributed by atoms with Crippen LogP contribution in [0.3, 0.4) is 0 Å². The zero-order valence-electron chi connectivity index (χ0n) is 12.8. The molecule has 2 aromatic rings. The number of nitrogens with one attached hydrogen (secondary N) is 1. The zero-order chi connectivity index (χ0) is 17.5. The largest absolute Gasteiger partial charge is 0.490 e. The number of hydrogen-bond acceptors (Lipinski definition) is 4. The molecule has 0 fully saturated rings. The number of carbonyl (C=O) groups excluding carboxylic acids is 1. The van der Waals surface area contributed by atoms with Crippen LogP contribution in [0.1, 0.15) is 12.5 Å². The molecule has 7 heteroatoms. The van der Waals surface area contributed by atoms with Crippen LogP contribution in [-0.4, -0.2) is 19.1 Å². The van der Waals surface area contributed by atoms with Gasteiger partial charge in [0.2, 0.25) is 0 Å². The van der Waals surface area contributed by atoms with Gasteiger partial charge in [-0.2, -0.15) is 5.26 Å². The average Bonchev–Trinajstić information content (AvgIpc) is 2.56. The lowest BCUT2D eigenvalue weighted by Gasteiger charge is -2.12. The minimum Gasteiger partial charge on any atom is -0.490 e. The van der Waals surface area contributed by atoms with Crippen molar-refractivity contribution in [3.05, 3.63) is 52.8 Å². The third-order valence-electron chi connectivity index (χ3n) is 2.94. The molecule has 5 nitrogen and oxygen atoms in total. The quantitative estimate of drug-likeness (QED) is 0.862. The molecule has 124 valence electrons. The number of halogens is 2. The molecule has 0 heterocycles. The fraction of sp³-hybridized carbons (Fsp3) is 0.176. The first-order chi connectivity index (χ1) is 11.5. The van der Waals surface area contributed by atoms with Gasteiger partial charge in [0.1, 0.15) is 5.82 Å². The summed E-state index contributed by atoms with van der Waals surface area (Å²) < 4.78 is 23.8. The molecule has 0 atom stereocenters. The molecule has 1 N–H and O–H groups in total. The lowest BCUT2D eigenvalue weighted by atomic mass is 10.2. The number of amides is 1. The van der Waals surface area contributed by atoms with Crippen molar-refractivity contribution < 1.29 is 18.7 Å². The second-order valence-electron chi connectivity index (χ2n) is 4.67. The van der Waals surface area contributed by atoms with Gasteiger partial charge >= 0.3 is 0 Å². The summed E-state index contributed by atoms with van der Waals surface area (Å²) in [5.74, 6) is -0.233. The Balaban J connectivity index is 2.02. The molecule has 0 unspecified atom stereocenters. The molecule has 1 amide bonds. The molecular formula is C17H14ClFN2O3. The van der Waals surface area contributed by atoms with Gasteiger partial charge in [-0.3, -0.25) is 4.79 Å². The maximum absolute atomic E-state index is 13.0. The Morgan fingerprint density at radius 2 is 2.04 bits per heavy atom. The third kappa shape index (κ3) is 4.61. The van der Waals surface area contributed by atoms with Gasteiger partial charge in [-0.05, 0) is 37.3 Å². The highest BCUT2D eigenvalue weighted by Crippen LogP contribution is 2.28. The Kier molecular flexibility index (Phi) is 5.99. The number of nitriles is 1. The summed E-state index contributed by atoms with van der Waals surface area (Å²) in [6.45, 7) is 1.90. The van der Waals surface area contributed by atoms with Crippen molar-refractivity contribution in [2.24, 2.45) is 0 Å². The van der Waals surface area contributed by atoms with E-state index >= 15 is 0 Å². The standard InChI is InChI=1S/C17H14ClFN2O3/c1-2-23-16-7-11(9-20)3-6-15(16)24-10-17(22)21-14-5-4-12(19)8-13(14)18/h3-8H,2,10H2,1H3,(H,21,22). The van der Waals surface area contributed by atoms with Crippen LogP contribution < -0.4 is 14.8 Å². The first-order valence-electron chi connectivity index (χ1n) is 7.08. The van der Waals surface area contributed by atoms with Crippen LogP contribution in [0.2, 0.25) is 5.02 Å². The Labute approximate surface area is 143 Å². The van der Waals surface area contributed by atoms with E-state index < -0.39 is 11.7 Å². The Hall–Kier alpha value is -2.78. The van der Waals surface area contributed by atoms with Crippen molar-refractivity contribution in [2.45, 2.75) is 6.92 Å². The number of rotatable bonds is 6. The molecule has 0 aromatic heterocycles. The van der Waals surface area contributed by atoms with E-state index in [1.54, 1.807) is 19.1 Å². The molecule has 0 bridgehead atoms. The van der Waals surface area contributed by atoms with Crippen molar-refractivity contribution in [1.29, 1.82) is 5.26 Å². The van der Waals surface area contributed by atoms with E-state index in [1.165, 1.54) is 18.2 Å². The lowest BCUT2D eigenvalue weighted by molar-refractivity contribution is -0.118. The molecule has 2 aromatic carbocycles. The van der Waals surface area contributed by atoms with Crippen molar-refractivity contribution in [2.75, 3.05) is 18.5 Å². The van der Waals surface area contributed by atoms with Crippen LogP contribution in [-0.2, 0) is 4.79 Å². The van der Waals surface area contributed by atoms with Crippen LogP contribution >= 0.6 is 11.6 Å². The van der Waals surface area contributed by atoms with Gasteiger partial charge in [0, 0.05) is 6.07 Å². The topological polar surface area (TPSA) is 71.3 Å². The first-order valence-corrected chi connectivity index (χ1v) is 7.46. The summed E-state index contributed by atoms with van der Waals surface area (Å²) in [4.78, 5) is 11.9. The molecule has 0 saturated carbocycles. The van der Waals surface area contributed by atoms with Gasteiger partial charge < -0.3 is 14.8 Å². The van der Waals surface area contributed by atoms with Crippen LogP contribution in [0.5, 0.6) is 11.5 Å². The molecule has 0 aliphatic heterocycles. The number of carbonyl (C=O) groups is 1. The monoisotopic (exact) mass is 348 g/mol. The lowest BCUT2D eigenvalue weighted by Crippen LogP contribution is -2.20. The minimum absolute atomic E-state index is 0.0942. The van der Waals surface area contributed by atoms with E-state index in [0.717, 1.165) is 6.07 Å². The van der Waals surface area contributed by atoms with Gasteiger partial charge in [-0.25, -0.2) is 4.39 Å². The fourth-order valence-corrected chi connectivity index (χ4v) is 2.10. The van der Waals surface area contributed by atoms with Gasteiger partial charge in [0.15, 0.2) is 18.1 Å². The van der Waals surface area contributed by atoms with E-state index in [-0.39, 0.29) is 17.3 Å². The van der Waals surface area contributed by atoms with Crippen LogP contribution in [0, 0.1) is 17.1 Å². The molecule has 24 heavy (non-hydrogen) atoms. The van der Waals surface area contributed by atoms with Gasteiger partial charge in [-0.1, -0.05) is 11.6 Å². The number of anilines is 1. The smallest absolute Gasteiger partial charge is 0.262 e. The molecule has 0 aliphatic carbocycles. The number of benzene rings is 2. The van der Waals surface area contributed by atoms with Gasteiger partial charge in [0.05, 0.1) is 28.9 Å². The highest BCUT2D eigenvalue weighted by molar-refractivity contribution is 6.33. The summed E-state index contributed by atoms with van der Waals surface area (Å²) in [6.07, 6.45) is 0. The fourth-order valence-electron chi connectivity index (χ4n) is 1.89. The maximum Gasteiger partial charge on any atom is 0.262 e. The molecule has 0 saturated heterocycles. The second-order valence-corrected chi connectivity index (χ2v) is 5.07. The summed E-state index contributed by atoms with van der Waals surface area (Å²) in [6, 6.07) is 10.3. The minimum atomic E-state index is -0.492. The molecule has 0 aliphatic rings. The van der Waals surface area contributed by atoms with E-state index in [4.69, 9.17) is 26.3 Å². The Morgan fingerprint density at radius 3 is 2.71 bits per heavy atom. The van der Waals surface area contributed by atoms with E-state index in [0.29, 0.717) is 23.7 Å². The van der Waals surface area contributed by atoms with Crippen LogP contribution in [0.4, 0.5) is 10.1 Å². The second kappa shape index (κ2) is 8.18. The predicted molar refractivity (Wildman–Crippen MR) is 87.9 cm³/mol. The Morgan fingerprint density at radius 1 is 1.25 bits per heavy atom. The molecule has 2 rings (SSSR count). The van der Waals surface area contributed by atoms with Gasteiger partial charge in [0.25, 0.3) is 5.91 Å². The highest BCUT2D eigenvalue weighted by Gasteiger charge is 2.11. The third-order valence-corrected chi connectivity index (χ3v) is 3.25.